The fourth-order valence-electron chi connectivity index (χ4n) is 3.25. The summed E-state index contributed by atoms with van der Waals surface area (Å²) < 4.78 is 11.3. The molecule has 1 aromatic carbocycles. The molecular weight excluding hydrogens is 316 g/mol. The molecule has 6 nitrogen and oxygen atoms in total. The molecule has 3 heterocycles. The summed E-state index contributed by atoms with van der Waals surface area (Å²) in [5.74, 6) is 0.618. The van der Waals surface area contributed by atoms with Gasteiger partial charge in [-0.2, -0.15) is 5.26 Å². The second-order valence-corrected chi connectivity index (χ2v) is 6.25. The number of rotatable bonds is 4. The first-order valence-electron chi connectivity index (χ1n) is 8.49. The van der Waals surface area contributed by atoms with Crippen LogP contribution in [0.4, 0.5) is 11.5 Å². The second-order valence-electron chi connectivity index (χ2n) is 6.25. The Morgan fingerprint density at radius 1 is 1.28 bits per heavy atom. The van der Waals surface area contributed by atoms with Crippen molar-refractivity contribution >= 4 is 11.5 Å². The van der Waals surface area contributed by atoms with Gasteiger partial charge in [0.2, 0.25) is 0 Å². The fourth-order valence-corrected chi connectivity index (χ4v) is 3.25. The van der Waals surface area contributed by atoms with Crippen LogP contribution in [0.1, 0.15) is 16.8 Å². The van der Waals surface area contributed by atoms with Gasteiger partial charge in [0, 0.05) is 30.9 Å². The van der Waals surface area contributed by atoms with Gasteiger partial charge in [-0.05, 0) is 18.2 Å². The van der Waals surface area contributed by atoms with E-state index < -0.39 is 0 Å². The maximum Gasteiger partial charge on any atom is 0.144 e. The number of pyridine rings is 1. The van der Waals surface area contributed by atoms with Crippen LogP contribution in [0.3, 0.4) is 0 Å². The third-order valence-electron chi connectivity index (χ3n) is 4.57. The summed E-state index contributed by atoms with van der Waals surface area (Å²) in [6, 6.07) is 14.4. The summed E-state index contributed by atoms with van der Waals surface area (Å²) in [5.41, 5.74) is 3.68. The number of hydrogen-bond donors (Lipinski definition) is 1. The maximum absolute atomic E-state index is 9.37. The van der Waals surface area contributed by atoms with Crippen LogP contribution in [-0.2, 0) is 22.7 Å². The molecule has 0 spiro atoms. The molecule has 1 N–H and O–H groups in total. The summed E-state index contributed by atoms with van der Waals surface area (Å²) >= 11 is 0. The fraction of sp³-hybridized carbons (Fsp3) is 0.368. The zero-order chi connectivity index (χ0) is 17.1. The molecule has 6 heteroatoms. The van der Waals surface area contributed by atoms with Crippen molar-refractivity contribution in [2.75, 3.05) is 36.5 Å². The predicted molar refractivity (Wildman–Crippen MR) is 94.3 cm³/mol. The molecule has 4 rings (SSSR count). The van der Waals surface area contributed by atoms with Crippen molar-refractivity contribution in [1.29, 1.82) is 5.26 Å². The standard InChI is InChI=1S/C19H20N4O2/c20-9-14-8-15-12-24-13-18(15)22-19(14)21-10-17-11-23(6-7-25-17)16-4-2-1-3-5-16/h1-5,8,17H,6-7,10-13H2,(H,21,22)/t17-/m0/s1. The Labute approximate surface area is 147 Å². The summed E-state index contributed by atoms with van der Waals surface area (Å²) in [5, 5.41) is 12.7. The number of aromatic nitrogens is 1. The molecule has 25 heavy (non-hydrogen) atoms. The summed E-state index contributed by atoms with van der Waals surface area (Å²) in [6.45, 7) is 4.06. The largest absolute Gasteiger partial charge is 0.373 e. The topological polar surface area (TPSA) is 70.4 Å². The van der Waals surface area contributed by atoms with Crippen LogP contribution < -0.4 is 10.2 Å². The van der Waals surface area contributed by atoms with E-state index in [1.54, 1.807) is 0 Å². The number of nitrogens with zero attached hydrogens (tertiary/aromatic N) is 3. The molecule has 0 unspecified atom stereocenters. The van der Waals surface area contributed by atoms with E-state index in [4.69, 9.17) is 9.47 Å². The van der Waals surface area contributed by atoms with Crippen LogP contribution in [0.5, 0.6) is 0 Å². The Kier molecular flexibility index (Phi) is 4.51. The molecule has 1 fully saturated rings. The molecule has 0 aliphatic carbocycles. The summed E-state index contributed by atoms with van der Waals surface area (Å²) in [4.78, 5) is 6.88. The van der Waals surface area contributed by atoms with Crippen molar-refractivity contribution < 1.29 is 9.47 Å². The van der Waals surface area contributed by atoms with Crippen molar-refractivity contribution in [3.8, 4) is 6.07 Å². The smallest absolute Gasteiger partial charge is 0.144 e. The summed E-state index contributed by atoms with van der Waals surface area (Å²) in [6.07, 6.45) is 0.0480. The van der Waals surface area contributed by atoms with Crippen LogP contribution >= 0.6 is 0 Å². The molecule has 1 atom stereocenters. The third-order valence-corrected chi connectivity index (χ3v) is 4.57. The molecule has 0 saturated carbocycles. The van der Waals surface area contributed by atoms with E-state index in [9.17, 15) is 5.26 Å². The highest BCUT2D eigenvalue weighted by molar-refractivity contribution is 5.55. The highest BCUT2D eigenvalue weighted by Crippen LogP contribution is 2.24. The van der Waals surface area contributed by atoms with E-state index in [0.29, 0.717) is 37.7 Å². The SMILES string of the molecule is N#Cc1cc2c(nc1NC[C@H]1CN(c3ccccc3)CCO1)COC2. The first kappa shape index (κ1) is 15.9. The number of nitrogens with one attached hydrogen (secondary N) is 1. The Hall–Kier alpha value is -2.62. The van der Waals surface area contributed by atoms with E-state index in [1.165, 1.54) is 5.69 Å². The quantitative estimate of drug-likeness (QED) is 0.924. The maximum atomic E-state index is 9.37. The Morgan fingerprint density at radius 2 is 2.16 bits per heavy atom. The van der Waals surface area contributed by atoms with E-state index in [-0.39, 0.29) is 6.10 Å². The van der Waals surface area contributed by atoms with Crippen molar-refractivity contribution in [3.63, 3.8) is 0 Å². The minimum absolute atomic E-state index is 0.0480. The lowest BCUT2D eigenvalue weighted by Crippen LogP contribution is -2.45. The molecule has 0 radical (unpaired) electrons. The third kappa shape index (κ3) is 3.43. The molecular formula is C19H20N4O2. The first-order chi connectivity index (χ1) is 12.3. The lowest BCUT2D eigenvalue weighted by molar-refractivity contribution is 0.0492. The van der Waals surface area contributed by atoms with Gasteiger partial charge in [0.15, 0.2) is 0 Å². The number of nitriles is 1. The number of ether oxygens (including phenoxy) is 2. The van der Waals surface area contributed by atoms with Gasteiger partial charge in [0.05, 0.1) is 37.2 Å². The van der Waals surface area contributed by atoms with Gasteiger partial charge in [0.1, 0.15) is 11.9 Å². The highest BCUT2D eigenvalue weighted by Gasteiger charge is 2.22. The van der Waals surface area contributed by atoms with Gasteiger partial charge in [0.25, 0.3) is 0 Å². The van der Waals surface area contributed by atoms with E-state index in [1.807, 2.05) is 24.3 Å². The number of para-hydroxylation sites is 1. The first-order valence-corrected chi connectivity index (χ1v) is 8.49. The number of morpholine rings is 1. The lowest BCUT2D eigenvalue weighted by Gasteiger charge is -2.34. The van der Waals surface area contributed by atoms with Gasteiger partial charge >= 0.3 is 0 Å². The molecule has 2 aliphatic heterocycles. The molecule has 2 aromatic rings. The molecule has 0 amide bonds. The number of hydrogen-bond acceptors (Lipinski definition) is 6. The normalized spacial score (nSPS) is 19.3. The molecule has 1 aromatic heterocycles. The van der Waals surface area contributed by atoms with Crippen molar-refractivity contribution in [1.82, 2.24) is 4.98 Å². The van der Waals surface area contributed by atoms with Crippen LogP contribution in [0, 0.1) is 11.3 Å². The van der Waals surface area contributed by atoms with Crippen LogP contribution in [0.2, 0.25) is 0 Å². The van der Waals surface area contributed by atoms with Crippen molar-refractivity contribution in [3.05, 3.63) is 53.2 Å². The van der Waals surface area contributed by atoms with Gasteiger partial charge in [-0.15, -0.1) is 0 Å². The Bertz CT molecular complexity index is 788. The van der Waals surface area contributed by atoms with Gasteiger partial charge in [-0.3, -0.25) is 0 Å². The Balaban J connectivity index is 1.42. The summed E-state index contributed by atoms with van der Waals surface area (Å²) in [7, 11) is 0. The zero-order valence-electron chi connectivity index (χ0n) is 13.9. The van der Waals surface area contributed by atoms with Gasteiger partial charge in [-0.1, -0.05) is 18.2 Å². The van der Waals surface area contributed by atoms with Crippen molar-refractivity contribution in [2.45, 2.75) is 19.3 Å². The minimum atomic E-state index is 0.0480. The molecule has 1 saturated heterocycles. The highest BCUT2D eigenvalue weighted by atomic mass is 16.5. The molecule has 2 aliphatic rings. The predicted octanol–water partition coefficient (Wildman–Crippen LogP) is 2.30. The van der Waals surface area contributed by atoms with E-state index in [0.717, 1.165) is 24.3 Å². The zero-order valence-corrected chi connectivity index (χ0v) is 13.9. The average molecular weight is 336 g/mol. The Morgan fingerprint density at radius 3 is 3.00 bits per heavy atom. The van der Waals surface area contributed by atoms with Crippen LogP contribution in [-0.4, -0.2) is 37.3 Å². The van der Waals surface area contributed by atoms with Crippen molar-refractivity contribution in [2.24, 2.45) is 0 Å². The minimum Gasteiger partial charge on any atom is -0.373 e. The monoisotopic (exact) mass is 336 g/mol. The number of benzene rings is 1. The average Bonchev–Trinajstić information content (AvgIpc) is 3.14. The van der Waals surface area contributed by atoms with E-state index >= 15 is 0 Å². The molecule has 128 valence electrons. The second kappa shape index (κ2) is 7.09. The molecule has 0 bridgehead atoms. The number of anilines is 2. The lowest BCUT2D eigenvalue weighted by atomic mass is 10.1. The van der Waals surface area contributed by atoms with E-state index in [2.05, 4.69) is 33.4 Å². The van der Waals surface area contributed by atoms with Gasteiger partial charge in [-0.25, -0.2) is 4.98 Å². The van der Waals surface area contributed by atoms with Crippen LogP contribution in [0.25, 0.3) is 0 Å². The van der Waals surface area contributed by atoms with Crippen LogP contribution in [0.15, 0.2) is 36.4 Å². The van der Waals surface area contributed by atoms with Gasteiger partial charge < -0.3 is 19.7 Å². The number of fused-ring (bicyclic) bond motifs is 1.